The van der Waals surface area contributed by atoms with Gasteiger partial charge in [0.05, 0.1) is 35.8 Å². The topological polar surface area (TPSA) is 107 Å². The number of hydrogen-bond acceptors (Lipinski definition) is 10. The first-order chi connectivity index (χ1) is 21.9. The van der Waals surface area contributed by atoms with E-state index in [2.05, 4.69) is 40.4 Å². The van der Waals surface area contributed by atoms with Crippen LogP contribution in [0.15, 0.2) is 10.5 Å². The molecule has 3 aliphatic rings. The zero-order chi connectivity index (χ0) is 33.4. The van der Waals surface area contributed by atoms with Crippen molar-refractivity contribution in [3.05, 3.63) is 21.4 Å². The van der Waals surface area contributed by atoms with Crippen LogP contribution in [0.3, 0.4) is 0 Å². The van der Waals surface area contributed by atoms with Gasteiger partial charge in [0.25, 0.3) is 0 Å². The number of methoxy groups -OCH3 is 2. The quantitative estimate of drug-likeness (QED) is 0.159. The number of fused-ring (bicyclic) bond motifs is 3. The van der Waals surface area contributed by atoms with E-state index in [0.717, 1.165) is 38.8 Å². The third kappa shape index (κ3) is 9.54. The molecule has 0 saturated carbocycles. The minimum absolute atomic E-state index is 0.00891. The molecule has 4 heterocycles. The van der Waals surface area contributed by atoms with Crippen molar-refractivity contribution < 1.29 is 32.9 Å². The lowest BCUT2D eigenvalue weighted by Gasteiger charge is -2.42. The van der Waals surface area contributed by atoms with Crippen LogP contribution in [0.2, 0.25) is 5.02 Å². The highest BCUT2D eigenvalue weighted by Crippen LogP contribution is 2.39. The Morgan fingerprint density at radius 2 is 1.72 bits per heavy atom. The minimum atomic E-state index is -0.560. The molecule has 5 rings (SSSR count). The van der Waals surface area contributed by atoms with E-state index in [1.165, 1.54) is 40.2 Å². The summed E-state index contributed by atoms with van der Waals surface area (Å²) in [4.78, 5) is 38.6. The Bertz CT molecular complexity index is 1340. The summed E-state index contributed by atoms with van der Waals surface area (Å²) in [5.74, 6) is -0.165. The lowest BCUT2D eigenvalue weighted by molar-refractivity contribution is -0.141. The number of benzene rings is 1. The van der Waals surface area contributed by atoms with E-state index in [9.17, 15) is 14.0 Å². The van der Waals surface area contributed by atoms with Crippen LogP contribution >= 0.6 is 27.5 Å². The average Bonchev–Trinajstić information content (AvgIpc) is 3.63. The molecule has 0 N–H and O–H groups in total. The Kier molecular flexibility index (Phi) is 13.1. The normalized spacial score (nSPS) is 19.7. The molecule has 3 saturated heterocycles. The molecule has 0 aliphatic carbocycles. The Balaban J connectivity index is 0.000000254. The van der Waals surface area contributed by atoms with E-state index in [4.69, 9.17) is 25.8 Å². The molecule has 1 aromatic carbocycles. The fourth-order valence-corrected chi connectivity index (χ4v) is 6.57. The van der Waals surface area contributed by atoms with Gasteiger partial charge in [-0.25, -0.2) is 9.18 Å². The molecule has 2 aromatic rings. The van der Waals surface area contributed by atoms with E-state index in [0.29, 0.717) is 37.3 Å². The van der Waals surface area contributed by atoms with Crippen molar-refractivity contribution in [1.82, 2.24) is 19.8 Å². The number of ether oxygens (including phenoxy) is 4. The molecule has 0 radical (unpaired) electrons. The van der Waals surface area contributed by atoms with E-state index >= 15 is 0 Å². The molecule has 2 bridgehead atoms. The largest absolute Gasteiger partial charge is 0.469 e. The second-order valence-electron chi connectivity index (χ2n) is 12.8. The lowest BCUT2D eigenvalue weighted by Crippen LogP contribution is -2.57. The fraction of sp³-hybridized carbons (Fsp3) is 0.688. The summed E-state index contributed by atoms with van der Waals surface area (Å²) in [6.07, 6.45) is 6.47. The number of likely N-dealkylation sites (tertiary alicyclic amines) is 1. The summed E-state index contributed by atoms with van der Waals surface area (Å²) in [5, 5.41) is 0.747. The summed E-state index contributed by atoms with van der Waals surface area (Å²) >= 11 is 9.38. The number of amides is 1. The third-order valence-corrected chi connectivity index (χ3v) is 9.52. The molecule has 46 heavy (non-hydrogen) atoms. The van der Waals surface area contributed by atoms with Gasteiger partial charge in [0, 0.05) is 44.7 Å². The van der Waals surface area contributed by atoms with E-state index in [-0.39, 0.29) is 45.2 Å². The average molecular weight is 731 g/mol. The van der Waals surface area contributed by atoms with Gasteiger partial charge in [-0.15, -0.1) is 0 Å². The smallest absolute Gasteiger partial charge is 0.410 e. The summed E-state index contributed by atoms with van der Waals surface area (Å²) in [5.41, 5.74) is -0.416. The number of anilines is 1. The Hall–Kier alpha value is -2.48. The van der Waals surface area contributed by atoms with Crippen LogP contribution in [-0.2, 0) is 19.0 Å². The van der Waals surface area contributed by atoms with Crippen molar-refractivity contribution in [3.8, 4) is 6.01 Å². The van der Waals surface area contributed by atoms with Crippen molar-refractivity contribution in [1.29, 1.82) is 0 Å². The summed E-state index contributed by atoms with van der Waals surface area (Å²) in [7, 11) is 2.86. The maximum Gasteiger partial charge on any atom is 0.410 e. The number of hydrogen-bond donors (Lipinski definition) is 0. The molecule has 2 unspecified atom stereocenters. The maximum atomic E-state index is 14.8. The van der Waals surface area contributed by atoms with Crippen LogP contribution in [0.4, 0.5) is 15.0 Å². The lowest BCUT2D eigenvalue weighted by atomic mass is 10.1. The number of nitrogens with zero attached hydrogens (tertiary/aromatic N) is 5. The van der Waals surface area contributed by atoms with Gasteiger partial charge in [0.2, 0.25) is 0 Å². The van der Waals surface area contributed by atoms with Crippen LogP contribution < -0.4 is 9.64 Å². The van der Waals surface area contributed by atoms with Gasteiger partial charge >= 0.3 is 18.1 Å². The summed E-state index contributed by atoms with van der Waals surface area (Å²) in [6, 6.07) is 1.71. The molecule has 2 atom stereocenters. The van der Waals surface area contributed by atoms with Crippen LogP contribution in [-0.4, -0.2) is 110 Å². The fourth-order valence-electron chi connectivity index (χ4n) is 6.08. The number of rotatable bonds is 10. The summed E-state index contributed by atoms with van der Waals surface area (Å²) in [6.45, 7) is 11.8. The van der Waals surface area contributed by atoms with Crippen molar-refractivity contribution in [3.63, 3.8) is 0 Å². The SMILES string of the molecule is COC(=O)CCCOCCCN1CCCC1.COc1nc(N2CC3CCC(C2)N3C(=O)OC(C)(C)C)c2cc(Cl)c(Br)c(F)c2n1. The van der Waals surface area contributed by atoms with E-state index < -0.39 is 11.4 Å². The molecular formula is C32H46BrClFN5O6. The van der Waals surface area contributed by atoms with Gasteiger partial charge in [-0.05, 0) is 94.4 Å². The molecule has 3 aliphatic heterocycles. The number of piperazine rings is 1. The van der Waals surface area contributed by atoms with Crippen molar-refractivity contribution >= 4 is 56.3 Å². The van der Waals surface area contributed by atoms with Gasteiger partial charge < -0.3 is 28.7 Å². The second kappa shape index (κ2) is 16.6. The molecule has 11 nitrogen and oxygen atoms in total. The predicted octanol–water partition coefficient (Wildman–Crippen LogP) is 6.22. The summed E-state index contributed by atoms with van der Waals surface area (Å²) < 4.78 is 35.8. The van der Waals surface area contributed by atoms with E-state index in [1.807, 2.05) is 25.7 Å². The molecular weight excluding hydrogens is 685 g/mol. The highest BCUT2D eigenvalue weighted by Gasteiger charge is 2.45. The Morgan fingerprint density at radius 1 is 1.07 bits per heavy atom. The number of aromatic nitrogens is 2. The molecule has 1 amide bonds. The minimum Gasteiger partial charge on any atom is -0.469 e. The molecule has 256 valence electrons. The number of carbonyl (C=O) groups excluding carboxylic acids is 2. The van der Waals surface area contributed by atoms with Gasteiger partial charge in [-0.1, -0.05) is 11.6 Å². The predicted molar refractivity (Wildman–Crippen MR) is 178 cm³/mol. The number of halogens is 3. The molecule has 1 aromatic heterocycles. The van der Waals surface area contributed by atoms with Gasteiger partial charge in [-0.2, -0.15) is 9.97 Å². The first-order valence-electron chi connectivity index (χ1n) is 15.9. The zero-order valence-corrected chi connectivity index (χ0v) is 29.8. The maximum absolute atomic E-state index is 14.8. The van der Waals surface area contributed by atoms with Crippen molar-refractivity contribution in [2.24, 2.45) is 0 Å². The molecule has 0 spiro atoms. The van der Waals surface area contributed by atoms with Crippen molar-refractivity contribution in [2.75, 3.05) is 65.1 Å². The first kappa shape index (κ1) is 36.4. The van der Waals surface area contributed by atoms with E-state index in [1.54, 1.807) is 6.07 Å². The molecule has 3 fully saturated rings. The van der Waals surface area contributed by atoms with Crippen molar-refractivity contribution in [2.45, 2.75) is 83.4 Å². The van der Waals surface area contributed by atoms with Crippen LogP contribution in [0, 0.1) is 5.82 Å². The van der Waals surface area contributed by atoms with Gasteiger partial charge in [0.1, 0.15) is 16.9 Å². The molecule has 14 heteroatoms. The van der Waals surface area contributed by atoms with Crippen LogP contribution in [0.1, 0.15) is 65.7 Å². The zero-order valence-electron chi connectivity index (χ0n) is 27.5. The second-order valence-corrected chi connectivity index (χ2v) is 14.0. The third-order valence-electron chi connectivity index (χ3n) is 8.21. The number of esters is 1. The van der Waals surface area contributed by atoms with Crippen LogP contribution in [0.25, 0.3) is 10.9 Å². The highest BCUT2D eigenvalue weighted by atomic mass is 79.9. The Morgan fingerprint density at radius 3 is 2.33 bits per heavy atom. The van der Waals surface area contributed by atoms with Gasteiger partial charge in [0.15, 0.2) is 5.82 Å². The first-order valence-corrected chi connectivity index (χ1v) is 17.1. The highest BCUT2D eigenvalue weighted by molar-refractivity contribution is 9.10. The number of carbonyl (C=O) groups is 2. The standard InChI is InChI=1S/C20H23BrClFN4O3.C12H23NO3/c1-20(2,3)30-19(28)27-10-5-6-11(27)9-26(8-10)17-12-7-13(22)14(21)15(23)16(12)24-18(25-17)29-4;1-15-12(14)6-4-10-16-11-5-9-13-7-2-3-8-13/h7,10-11H,5-6,8-9H2,1-4H3;2-11H2,1H3. The monoisotopic (exact) mass is 729 g/mol. The van der Waals surface area contributed by atoms with Gasteiger partial charge in [-0.3, -0.25) is 9.69 Å². The van der Waals surface area contributed by atoms with Crippen LogP contribution in [0.5, 0.6) is 6.01 Å². The Labute approximate surface area is 284 Å².